The van der Waals surface area contributed by atoms with E-state index in [0.717, 1.165) is 25.2 Å². The molecule has 0 heterocycles. The number of hydrogen-bond donors (Lipinski definition) is 0. The highest BCUT2D eigenvalue weighted by Gasteiger charge is 2.39. The maximum atomic E-state index is 11.4. The molecule has 1 nitrogen and oxygen atoms in total. The summed E-state index contributed by atoms with van der Waals surface area (Å²) in [7, 11) is 0. The van der Waals surface area contributed by atoms with Gasteiger partial charge in [-0.05, 0) is 37.0 Å². The number of Topliss-reactive ketones (excluding diaryl/α,β-unsaturated/α-hetero) is 1. The minimum Gasteiger partial charge on any atom is -0.300 e. The minimum absolute atomic E-state index is 0.381. The Bertz CT molecular complexity index is 203. The third-order valence-electron chi connectivity index (χ3n) is 4.15. The van der Waals surface area contributed by atoms with Gasteiger partial charge < -0.3 is 0 Å². The first-order valence-corrected chi connectivity index (χ1v) is 5.72. The Balaban J connectivity index is 2.04. The Hall–Kier alpha value is -0.330. The van der Waals surface area contributed by atoms with Gasteiger partial charge >= 0.3 is 0 Å². The molecular formula is C12H20O. The van der Waals surface area contributed by atoms with Crippen LogP contribution in [0.1, 0.15) is 58.3 Å². The maximum absolute atomic E-state index is 11.4. The van der Waals surface area contributed by atoms with E-state index in [0.29, 0.717) is 11.2 Å². The largest absolute Gasteiger partial charge is 0.300 e. The molecule has 0 aromatic rings. The van der Waals surface area contributed by atoms with Crippen LogP contribution in [0.25, 0.3) is 0 Å². The Morgan fingerprint density at radius 1 is 1.23 bits per heavy atom. The van der Waals surface area contributed by atoms with E-state index in [2.05, 4.69) is 6.92 Å². The van der Waals surface area contributed by atoms with Gasteiger partial charge in [0.1, 0.15) is 5.78 Å². The quantitative estimate of drug-likeness (QED) is 0.605. The van der Waals surface area contributed by atoms with Gasteiger partial charge in [0.15, 0.2) is 0 Å². The van der Waals surface area contributed by atoms with Crippen molar-refractivity contribution < 1.29 is 4.79 Å². The molecule has 2 saturated carbocycles. The van der Waals surface area contributed by atoms with Crippen LogP contribution < -0.4 is 0 Å². The molecule has 0 bridgehead atoms. The summed E-state index contributed by atoms with van der Waals surface area (Å²) in [6.45, 7) is 2.35. The lowest BCUT2D eigenvalue weighted by molar-refractivity contribution is -0.124. The molecule has 13 heavy (non-hydrogen) atoms. The van der Waals surface area contributed by atoms with E-state index in [1.54, 1.807) is 0 Å². The third kappa shape index (κ3) is 1.79. The zero-order valence-corrected chi connectivity index (χ0v) is 8.64. The lowest BCUT2D eigenvalue weighted by atomic mass is 9.66. The van der Waals surface area contributed by atoms with E-state index in [1.807, 2.05) is 0 Å². The van der Waals surface area contributed by atoms with Crippen molar-refractivity contribution in [3.05, 3.63) is 0 Å². The zero-order valence-electron chi connectivity index (χ0n) is 8.64. The number of carbonyl (C=O) groups excluding carboxylic acids is 1. The molecule has 0 unspecified atom stereocenters. The molecule has 74 valence electrons. The molecule has 0 N–H and O–H groups in total. The van der Waals surface area contributed by atoms with Gasteiger partial charge in [0.25, 0.3) is 0 Å². The van der Waals surface area contributed by atoms with Gasteiger partial charge in [-0.2, -0.15) is 0 Å². The molecule has 0 radical (unpaired) electrons. The lowest BCUT2D eigenvalue weighted by Gasteiger charge is -2.38. The van der Waals surface area contributed by atoms with Crippen LogP contribution in [0.2, 0.25) is 0 Å². The topological polar surface area (TPSA) is 17.1 Å². The summed E-state index contributed by atoms with van der Waals surface area (Å²) in [5.41, 5.74) is 0.381. The molecule has 2 aliphatic rings. The Labute approximate surface area is 80.9 Å². The van der Waals surface area contributed by atoms with E-state index in [-0.39, 0.29) is 0 Å². The molecular weight excluding hydrogens is 160 g/mol. The average Bonchev–Trinajstić information content (AvgIpc) is 2.55. The van der Waals surface area contributed by atoms with Crippen molar-refractivity contribution in [2.75, 3.05) is 0 Å². The second-order valence-corrected chi connectivity index (χ2v) is 5.20. The van der Waals surface area contributed by atoms with Gasteiger partial charge in [-0.25, -0.2) is 0 Å². The summed E-state index contributed by atoms with van der Waals surface area (Å²) < 4.78 is 0. The zero-order chi connectivity index (χ0) is 9.31. The monoisotopic (exact) mass is 180 g/mol. The third-order valence-corrected chi connectivity index (χ3v) is 4.15. The van der Waals surface area contributed by atoms with Crippen LogP contribution in [0.5, 0.6) is 0 Å². The van der Waals surface area contributed by atoms with Crippen molar-refractivity contribution >= 4 is 5.78 Å². The summed E-state index contributed by atoms with van der Waals surface area (Å²) in [6, 6.07) is 0. The number of carbonyl (C=O) groups is 1. The van der Waals surface area contributed by atoms with E-state index in [1.165, 1.54) is 32.1 Å². The standard InChI is InChI=1S/C12H20O/c1-12(10-5-2-3-6-10)8-4-7-11(13)9-12/h10H,2-9H2,1H3/t12-/m0/s1. The molecule has 0 spiro atoms. The molecule has 0 amide bonds. The van der Waals surface area contributed by atoms with Crippen molar-refractivity contribution in [2.45, 2.75) is 58.3 Å². The van der Waals surface area contributed by atoms with Crippen LogP contribution in [0.4, 0.5) is 0 Å². The second kappa shape index (κ2) is 3.43. The van der Waals surface area contributed by atoms with Gasteiger partial charge in [-0.15, -0.1) is 0 Å². The van der Waals surface area contributed by atoms with E-state index in [9.17, 15) is 4.79 Å². The van der Waals surface area contributed by atoms with Crippen LogP contribution >= 0.6 is 0 Å². The van der Waals surface area contributed by atoms with Crippen LogP contribution in [0, 0.1) is 11.3 Å². The van der Waals surface area contributed by atoms with E-state index < -0.39 is 0 Å². The molecule has 2 rings (SSSR count). The highest BCUT2D eigenvalue weighted by atomic mass is 16.1. The van der Waals surface area contributed by atoms with Crippen molar-refractivity contribution in [2.24, 2.45) is 11.3 Å². The van der Waals surface area contributed by atoms with Gasteiger partial charge in [0, 0.05) is 12.8 Å². The van der Waals surface area contributed by atoms with Crippen molar-refractivity contribution in [1.29, 1.82) is 0 Å². The summed E-state index contributed by atoms with van der Waals surface area (Å²) in [4.78, 5) is 11.4. The molecule has 0 saturated heterocycles. The summed E-state index contributed by atoms with van der Waals surface area (Å²) >= 11 is 0. The van der Waals surface area contributed by atoms with Crippen LogP contribution in [-0.2, 0) is 4.79 Å². The summed E-state index contributed by atoms with van der Waals surface area (Å²) in [6.07, 6.45) is 9.71. The lowest BCUT2D eigenvalue weighted by Crippen LogP contribution is -2.32. The van der Waals surface area contributed by atoms with Crippen molar-refractivity contribution in [3.8, 4) is 0 Å². The predicted octanol–water partition coefficient (Wildman–Crippen LogP) is 3.33. The summed E-state index contributed by atoms with van der Waals surface area (Å²) in [5, 5.41) is 0. The fourth-order valence-corrected chi connectivity index (χ4v) is 3.29. The first-order valence-electron chi connectivity index (χ1n) is 5.72. The first kappa shape index (κ1) is 9.23. The van der Waals surface area contributed by atoms with E-state index in [4.69, 9.17) is 0 Å². The maximum Gasteiger partial charge on any atom is 0.133 e. The highest BCUT2D eigenvalue weighted by Crippen LogP contribution is 2.47. The predicted molar refractivity (Wildman–Crippen MR) is 53.5 cm³/mol. The number of rotatable bonds is 1. The molecule has 1 heteroatoms. The van der Waals surface area contributed by atoms with Gasteiger partial charge in [-0.1, -0.05) is 19.8 Å². The molecule has 1 atom stereocenters. The fourth-order valence-electron chi connectivity index (χ4n) is 3.29. The Kier molecular flexibility index (Phi) is 2.44. The fraction of sp³-hybridized carbons (Fsp3) is 0.917. The van der Waals surface area contributed by atoms with Gasteiger partial charge in [-0.3, -0.25) is 4.79 Å². The molecule has 2 fully saturated rings. The average molecular weight is 180 g/mol. The SMILES string of the molecule is C[C@]1(C2CCCC2)CCCC(=O)C1. The highest BCUT2D eigenvalue weighted by molar-refractivity contribution is 5.79. The van der Waals surface area contributed by atoms with Gasteiger partial charge in [0.05, 0.1) is 0 Å². The smallest absolute Gasteiger partial charge is 0.133 e. The second-order valence-electron chi connectivity index (χ2n) is 5.20. The number of ketones is 1. The van der Waals surface area contributed by atoms with Gasteiger partial charge in [0.2, 0.25) is 0 Å². The van der Waals surface area contributed by atoms with Crippen LogP contribution in [-0.4, -0.2) is 5.78 Å². The molecule has 0 aromatic carbocycles. The first-order chi connectivity index (χ1) is 6.21. The molecule has 0 aliphatic heterocycles. The minimum atomic E-state index is 0.381. The molecule has 2 aliphatic carbocycles. The molecule has 0 aromatic heterocycles. The number of hydrogen-bond acceptors (Lipinski definition) is 1. The van der Waals surface area contributed by atoms with Crippen molar-refractivity contribution in [1.82, 2.24) is 0 Å². The normalized spacial score (nSPS) is 36.8. The van der Waals surface area contributed by atoms with Crippen molar-refractivity contribution in [3.63, 3.8) is 0 Å². The summed E-state index contributed by atoms with van der Waals surface area (Å²) in [5.74, 6) is 1.37. The Morgan fingerprint density at radius 3 is 2.54 bits per heavy atom. The Morgan fingerprint density at radius 2 is 1.92 bits per heavy atom. The van der Waals surface area contributed by atoms with Crippen LogP contribution in [0.3, 0.4) is 0 Å². The van der Waals surface area contributed by atoms with E-state index >= 15 is 0 Å². The van der Waals surface area contributed by atoms with Crippen LogP contribution in [0.15, 0.2) is 0 Å².